The maximum Gasteiger partial charge on any atom is 0.158 e. The first kappa shape index (κ1) is 21.4. The van der Waals surface area contributed by atoms with E-state index in [1.807, 2.05) is 6.07 Å². The van der Waals surface area contributed by atoms with Crippen molar-refractivity contribution in [1.29, 1.82) is 0 Å². The SMILES string of the molecule is COCc1nc(NCC(C)(C)N2CCS(=O)CC2)c2c(-c3ccccc3)csc2n1. The van der Waals surface area contributed by atoms with Crippen molar-refractivity contribution in [2.45, 2.75) is 26.0 Å². The summed E-state index contributed by atoms with van der Waals surface area (Å²) in [5.74, 6) is 3.03. The van der Waals surface area contributed by atoms with Gasteiger partial charge in [0.2, 0.25) is 0 Å². The van der Waals surface area contributed by atoms with Crippen molar-refractivity contribution in [1.82, 2.24) is 14.9 Å². The van der Waals surface area contributed by atoms with Crippen LogP contribution < -0.4 is 5.32 Å². The van der Waals surface area contributed by atoms with Gasteiger partial charge in [0.15, 0.2) is 5.82 Å². The minimum absolute atomic E-state index is 0.0771. The lowest BCUT2D eigenvalue weighted by molar-refractivity contribution is 0.145. The molecular formula is C22H28N4O2S2. The molecule has 0 bridgehead atoms. The van der Waals surface area contributed by atoms with Gasteiger partial charge in [-0.15, -0.1) is 11.3 Å². The Morgan fingerprint density at radius 1 is 1.20 bits per heavy atom. The van der Waals surface area contributed by atoms with Crippen LogP contribution in [0.3, 0.4) is 0 Å². The maximum absolute atomic E-state index is 11.7. The summed E-state index contributed by atoms with van der Waals surface area (Å²) >= 11 is 1.63. The van der Waals surface area contributed by atoms with E-state index in [2.05, 4.69) is 53.7 Å². The van der Waals surface area contributed by atoms with Crippen LogP contribution in [0.5, 0.6) is 0 Å². The average molecular weight is 445 g/mol. The van der Waals surface area contributed by atoms with Crippen molar-refractivity contribution in [3.8, 4) is 11.1 Å². The summed E-state index contributed by atoms with van der Waals surface area (Å²) in [6.07, 6.45) is 0. The molecule has 1 aliphatic rings. The molecule has 2 aromatic heterocycles. The molecule has 0 spiro atoms. The van der Waals surface area contributed by atoms with E-state index in [1.165, 1.54) is 0 Å². The summed E-state index contributed by atoms with van der Waals surface area (Å²) < 4.78 is 17.0. The minimum Gasteiger partial charge on any atom is -0.377 e. The lowest BCUT2D eigenvalue weighted by Gasteiger charge is -2.40. The number of rotatable bonds is 7. The first-order chi connectivity index (χ1) is 14.5. The number of nitrogens with zero attached hydrogens (tertiary/aromatic N) is 3. The fourth-order valence-electron chi connectivity index (χ4n) is 3.79. The predicted molar refractivity (Wildman–Crippen MR) is 126 cm³/mol. The molecule has 1 saturated heterocycles. The van der Waals surface area contributed by atoms with Crippen LogP contribution in [0.15, 0.2) is 35.7 Å². The zero-order valence-electron chi connectivity index (χ0n) is 17.7. The highest BCUT2D eigenvalue weighted by atomic mass is 32.2. The Balaban J connectivity index is 1.66. The van der Waals surface area contributed by atoms with Gasteiger partial charge in [-0.05, 0) is 19.4 Å². The second kappa shape index (κ2) is 9.09. The van der Waals surface area contributed by atoms with Gasteiger partial charge in [0.05, 0.1) is 5.39 Å². The van der Waals surface area contributed by atoms with Crippen molar-refractivity contribution >= 4 is 38.2 Å². The average Bonchev–Trinajstić information content (AvgIpc) is 3.17. The number of ether oxygens (including phenoxy) is 1. The van der Waals surface area contributed by atoms with E-state index in [9.17, 15) is 4.21 Å². The van der Waals surface area contributed by atoms with E-state index in [-0.39, 0.29) is 5.54 Å². The van der Waals surface area contributed by atoms with E-state index in [4.69, 9.17) is 14.7 Å². The Kier molecular flexibility index (Phi) is 6.48. The molecule has 1 aromatic carbocycles. The quantitative estimate of drug-likeness (QED) is 0.599. The molecule has 3 heterocycles. The monoisotopic (exact) mass is 444 g/mol. The highest BCUT2D eigenvalue weighted by Crippen LogP contribution is 2.37. The number of hydrogen-bond acceptors (Lipinski definition) is 7. The molecule has 6 nitrogen and oxygen atoms in total. The summed E-state index contributed by atoms with van der Waals surface area (Å²) in [7, 11) is 0.987. The van der Waals surface area contributed by atoms with Gasteiger partial charge >= 0.3 is 0 Å². The van der Waals surface area contributed by atoms with Crippen molar-refractivity contribution in [2.75, 3.05) is 43.6 Å². The molecule has 0 aliphatic carbocycles. The molecule has 30 heavy (non-hydrogen) atoms. The Labute approximate surface area is 184 Å². The van der Waals surface area contributed by atoms with E-state index in [0.29, 0.717) is 12.4 Å². The molecule has 0 atom stereocenters. The van der Waals surface area contributed by atoms with E-state index in [0.717, 1.165) is 58.3 Å². The molecule has 0 saturated carbocycles. The highest BCUT2D eigenvalue weighted by Gasteiger charge is 2.30. The Bertz CT molecular complexity index is 1030. The summed E-state index contributed by atoms with van der Waals surface area (Å²) in [6.45, 7) is 7.31. The number of anilines is 1. The molecule has 1 N–H and O–H groups in total. The second-order valence-electron chi connectivity index (χ2n) is 8.12. The number of hydrogen-bond donors (Lipinski definition) is 1. The molecule has 1 aliphatic heterocycles. The van der Waals surface area contributed by atoms with Gasteiger partial charge in [-0.1, -0.05) is 30.3 Å². The second-order valence-corrected chi connectivity index (χ2v) is 10.7. The van der Waals surface area contributed by atoms with E-state index in [1.54, 1.807) is 18.4 Å². The van der Waals surface area contributed by atoms with Crippen molar-refractivity contribution in [3.63, 3.8) is 0 Å². The molecular weight excluding hydrogens is 416 g/mol. The fourth-order valence-corrected chi connectivity index (χ4v) is 5.81. The van der Waals surface area contributed by atoms with E-state index < -0.39 is 10.8 Å². The number of methoxy groups -OCH3 is 1. The molecule has 160 valence electrons. The molecule has 0 amide bonds. The Morgan fingerprint density at radius 2 is 1.93 bits per heavy atom. The van der Waals surface area contributed by atoms with Gasteiger partial charge in [-0.25, -0.2) is 9.97 Å². The first-order valence-corrected chi connectivity index (χ1v) is 12.5. The zero-order chi connectivity index (χ0) is 21.1. The predicted octanol–water partition coefficient (Wildman–Crippen LogP) is 3.76. The van der Waals surface area contributed by atoms with Gasteiger partial charge in [0.1, 0.15) is 17.3 Å². The number of nitrogens with one attached hydrogen (secondary N) is 1. The van der Waals surface area contributed by atoms with Crippen LogP contribution in [0, 0.1) is 0 Å². The molecule has 8 heteroatoms. The van der Waals surface area contributed by atoms with Gasteiger partial charge in [0, 0.05) is 65.5 Å². The third-order valence-electron chi connectivity index (χ3n) is 5.56. The third kappa shape index (κ3) is 4.56. The summed E-state index contributed by atoms with van der Waals surface area (Å²) in [4.78, 5) is 12.9. The Hall–Kier alpha value is -1.87. The molecule has 3 aromatic rings. The largest absolute Gasteiger partial charge is 0.377 e. The summed E-state index contributed by atoms with van der Waals surface area (Å²) in [5.41, 5.74) is 2.23. The van der Waals surface area contributed by atoms with Crippen LogP contribution in [-0.2, 0) is 22.1 Å². The van der Waals surface area contributed by atoms with Crippen molar-refractivity contribution < 1.29 is 8.95 Å². The van der Waals surface area contributed by atoms with Gasteiger partial charge < -0.3 is 10.1 Å². The molecule has 0 unspecified atom stereocenters. The number of fused-ring (bicyclic) bond motifs is 1. The number of thiophene rings is 1. The topological polar surface area (TPSA) is 67.3 Å². The maximum atomic E-state index is 11.7. The van der Waals surface area contributed by atoms with Crippen LogP contribution in [-0.4, -0.2) is 62.9 Å². The van der Waals surface area contributed by atoms with E-state index >= 15 is 0 Å². The van der Waals surface area contributed by atoms with Crippen LogP contribution in [0.4, 0.5) is 5.82 Å². The molecule has 0 radical (unpaired) electrons. The van der Waals surface area contributed by atoms with Crippen LogP contribution in [0.25, 0.3) is 21.3 Å². The first-order valence-electron chi connectivity index (χ1n) is 10.1. The smallest absolute Gasteiger partial charge is 0.158 e. The van der Waals surface area contributed by atoms with Crippen LogP contribution in [0.1, 0.15) is 19.7 Å². The van der Waals surface area contributed by atoms with Crippen LogP contribution >= 0.6 is 11.3 Å². The number of benzene rings is 1. The van der Waals surface area contributed by atoms with Gasteiger partial charge in [0.25, 0.3) is 0 Å². The van der Waals surface area contributed by atoms with Gasteiger partial charge in [-0.2, -0.15) is 0 Å². The summed E-state index contributed by atoms with van der Waals surface area (Å²) in [5, 5.41) is 6.83. The normalized spacial score (nSPS) is 16.2. The lowest BCUT2D eigenvalue weighted by Crippen LogP contribution is -2.53. The molecule has 4 rings (SSSR count). The van der Waals surface area contributed by atoms with Crippen LogP contribution in [0.2, 0.25) is 0 Å². The number of aromatic nitrogens is 2. The third-order valence-corrected chi connectivity index (χ3v) is 7.71. The minimum atomic E-state index is -0.674. The highest BCUT2D eigenvalue weighted by molar-refractivity contribution is 7.85. The standard InChI is InChI=1S/C22H28N4O2S2/c1-22(2,26-9-11-30(27)12-10-26)15-23-20-19-17(16-7-5-4-6-8-16)14-29-21(19)25-18(24-20)13-28-3/h4-8,14H,9-13,15H2,1-3H3,(H,23,24,25). The zero-order valence-corrected chi connectivity index (χ0v) is 19.3. The summed E-state index contributed by atoms with van der Waals surface area (Å²) in [6, 6.07) is 10.4. The van der Waals surface area contributed by atoms with Crippen molar-refractivity contribution in [2.24, 2.45) is 0 Å². The Morgan fingerprint density at radius 3 is 2.63 bits per heavy atom. The van der Waals surface area contributed by atoms with Crippen molar-refractivity contribution in [3.05, 3.63) is 41.5 Å². The van der Waals surface area contributed by atoms with Gasteiger partial charge in [-0.3, -0.25) is 9.11 Å². The molecule has 1 fully saturated rings. The lowest BCUT2D eigenvalue weighted by atomic mass is 10.0. The fraction of sp³-hybridized carbons (Fsp3) is 0.455.